The van der Waals surface area contributed by atoms with Gasteiger partial charge in [0.15, 0.2) is 0 Å². The monoisotopic (exact) mass is 309 g/mol. The highest BCUT2D eigenvalue weighted by molar-refractivity contribution is 6.07. The third kappa shape index (κ3) is 1.35. The number of amides is 2. The molecule has 1 saturated heterocycles. The molecule has 120 valence electrons. The SMILES string of the molecule is CC(C)=C1[C@@H]2[C@@H]3C(=O)NC(=O)[C@@H]3[C@H]1[C@H]1[C@@H]2[C@H]2C=C[C@@H]1C2=C(C)C. The fourth-order valence-electron chi connectivity index (χ4n) is 6.97. The maximum atomic E-state index is 12.4. The van der Waals surface area contributed by atoms with Crippen LogP contribution in [0.4, 0.5) is 0 Å². The van der Waals surface area contributed by atoms with Gasteiger partial charge in [-0.2, -0.15) is 0 Å². The van der Waals surface area contributed by atoms with Crippen LogP contribution in [0.5, 0.6) is 0 Å². The normalized spacial score (nSPS) is 48.2. The Morgan fingerprint density at radius 2 is 1.17 bits per heavy atom. The van der Waals surface area contributed by atoms with Crippen molar-refractivity contribution in [3.8, 4) is 0 Å². The van der Waals surface area contributed by atoms with Gasteiger partial charge in [0, 0.05) is 11.8 Å². The molecule has 5 aliphatic rings. The van der Waals surface area contributed by atoms with Crippen LogP contribution in [0.3, 0.4) is 0 Å². The van der Waals surface area contributed by atoms with E-state index in [1.165, 1.54) is 16.7 Å². The second-order valence-corrected chi connectivity index (χ2v) is 8.46. The summed E-state index contributed by atoms with van der Waals surface area (Å²) in [7, 11) is 0. The van der Waals surface area contributed by atoms with Crippen LogP contribution in [0.2, 0.25) is 0 Å². The first-order valence-corrected chi connectivity index (χ1v) is 8.81. The Morgan fingerprint density at radius 1 is 0.739 bits per heavy atom. The molecule has 4 fully saturated rings. The van der Waals surface area contributed by atoms with Gasteiger partial charge in [-0.15, -0.1) is 0 Å². The average Bonchev–Trinajstić information content (AvgIpc) is 3.21. The van der Waals surface area contributed by atoms with Crippen LogP contribution in [-0.2, 0) is 9.59 Å². The number of hydrogen-bond acceptors (Lipinski definition) is 2. The van der Waals surface area contributed by atoms with E-state index in [4.69, 9.17) is 0 Å². The molecule has 3 heteroatoms. The third-order valence-electron chi connectivity index (χ3n) is 7.23. The molecule has 5 rings (SSSR count). The van der Waals surface area contributed by atoms with Crippen molar-refractivity contribution in [3.05, 3.63) is 34.4 Å². The highest BCUT2D eigenvalue weighted by Crippen LogP contribution is 2.73. The van der Waals surface area contributed by atoms with Gasteiger partial charge in [-0.25, -0.2) is 0 Å². The van der Waals surface area contributed by atoms with Gasteiger partial charge in [0.25, 0.3) is 0 Å². The molecule has 3 nitrogen and oxygen atoms in total. The van der Waals surface area contributed by atoms with Gasteiger partial charge < -0.3 is 0 Å². The molecule has 23 heavy (non-hydrogen) atoms. The Balaban J connectivity index is 1.72. The molecule has 1 N–H and O–H groups in total. The smallest absolute Gasteiger partial charge is 0.231 e. The number of imide groups is 1. The van der Waals surface area contributed by atoms with Gasteiger partial charge in [-0.3, -0.25) is 14.9 Å². The molecule has 0 aromatic carbocycles. The summed E-state index contributed by atoms with van der Waals surface area (Å²) in [5.41, 5.74) is 5.79. The lowest BCUT2D eigenvalue weighted by atomic mass is 9.65. The lowest BCUT2D eigenvalue weighted by Crippen LogP contribution is -2.38. The van der Waals surface area contributed by atoms with Crippen molar-refractivity contribution in [3.63, 3.8) is 0 Å². The molecule has 2 amide bonds. The van der Waals surface area contributed by atoms with Gasteiger partial charge in [0.2, 0.25) is 11.8 Å². The summed E-state index contributed by atoms with van der Waals surface area (Å²) >= 11 is 0. The third-order valence-corrected chi connectivity index (χ3v) is 7.23. The van der Waals surface area contributed by atoms with Gasteiger partial charge in [0.05, 0.1) is 11.8 Å². The highest BCUT2D eigenvalue weighted by Gasteiger charge is 2.72. The second kappa shape index (κ2) is 4.06. The Kier molecular flexibility index (Phi) is 2.43. The van der Waals surface area contributed by atoms with E-state index >= 15 is 0 Å². The van der Waals surface area contributed by atoms with Crippen molar-refractivity contribution >= 4 is 11.8 Å². The van der Waals surface area contributed by atoms with Gasteiger partial charge in [-0.1, -0.05) is 34.4 Å². The molecule has 8 atom stereocenters. The quantitative estimate of drug-likeness (QED) is 0.425. The lowest BCUT2D eigenvalue weighted by Gasteiger charge is -2.35. The Labute approximate surface area is 136 Å². The van der Waals surface area contributed by atoms with Gasteiger partial charge in [-0.05, 0) is 51.4 Å². The maximum absolute atomic E-state index is 12.4. The molecule has 0 unspecified atom stereocenters. The predicted octanol–water partition coefficient (Wildman–Crippen LogP) is 2.86. The van der Waals surface area contributed by atoms with Crippen molar-refractivity contribution in [2.45, 2.75) is 27.7 Å². The number of fused-ring (bicyclic) bond motifs is 12. The minimum Gasteiger partial charge on any atom is -0.296 e. The molecule has 1 aliphatic heterocycles. The number of hydrogen-bond donors (Lipinski definition) is 1. The number of nitrogens with one attached hydrogen (secondary N) is 1. The molecule has 3 saturated carbocycles. The van der Waals surface area contributed by atoms with E-state index in [2.05, 4.69) is 45.2 Å². The topological polar surface area (TPSA) is 46.2 Å². The Bertz CT molecular complexity index is 700. The largest absolute Gasteiger partial charge is 0.296 e. The highest BCUT2D eigenvalue weighted by atomic mass is 16.2. The molecule has 0 aromatic heterocycles. The van der Waals surface area contributed by atoms with Crippen LogP contribution in [0, 0.1) is 47.3 Å². The molecular formula is C20H23NO2. The summed E-state index contributed by atoms with van der Waals surface area (Å²) < 4.78 is 0. The molecule has 0 radical (unpaired) electrons. The summed E-state index contributed by atoms with van der Waals surface area (Å²) in [4.78, 5) is 24.9. The average molecular weight is 309 g/mol. The minimum absolute atomic E-state index is 0.0183. The first-order chi connectivity index (χ1) is 10.9. The minimum atomic E-state index is -0.107. The van der Waals surface area contributed by atoms with E-state index in [1.807, 2.05) is 0 Å². The van der Waals surface area contributed by atoms with Crippen LogP contribution in [0.25, 0.3) is 0 Å². The van der Waals surface area contributed by atoms with E-state index in [0.29, 0.717) is 23.7 Å². The molecule has 0 aromatic rings. The van der Waals surface area contributed by atoms with E-state index in [9.17, 15) is 9.59 Å². The van der Waals surface area contributed by atoms with E-state index in [1.54, 1.807) is 5.57 Å². The Hall–Kier alpha value is -1.64. The fourth-order valence-corrected chi connectivity index (χ4v) is 6.97. The molecular weight excluding hydrogens is 286 g/mol. The molecule has 4 aliphatic carbocycles. The first-order valence-electron chi connectivity index (χ1n) is 8.81. The van der Waals surface area contributed by atoms with E-state index in [0.717, 1.165) is 0 Å². The van der Waals surface area contributed by atoms with Crippen molar-refractivity contribution in [2.24, 2.45) is 47.3 Å². The van der Waals surface area contributed by atoms with E-state index < -0.39 is 0 Å². The molecule has 1 heterocycles. The van der Waals surface area contributed by atoms with E-state index in [-0.39, 0.29) is 35.5 Å². The summed E-state index contributed by atoms with van der Waals surface area (Å²) in [6.45, 7) is 8.76. The zero-order valence-electron chi connectivity index (χ0n) is 14.1. The van der Waals surface area contributed by atoms with Gasteiger partial charge >= 0.3 is 0 Å². The predicted molar refractivity (Wildman–Crippen MR) is 87.0 cm³/mol. The first kappa shape index (κ1) is 13.8. The van der Waals surface area contributed by atoms with Crippen LogP contribution >= 0.6 is 0 Å². The number of allylic oxidation sites excluding steroid dienone is 6. The summed E-state index contributed by atoms with van der Waals surface area (Å²) in [5, 5.41) is 2.62. The van der Waals surface area contributed by atoms with Crippen LogP contribution < -0.4 is 5.32 Å². The summed E-state index contributed by atoms with van der Waals surface area (Å²) in [6.07, 6.45) is 4.75. The molecule has 4 bridgehead atoms. The molecule has 0 spiro atoms. The van der Waals surface area contributed by atoms with Crippen LogP contribution in [-0.4, -0.2) is 11.8 Å². The van der Waals surface area contributed by atoms with Crippen molar-refractivity contribution in [1.29, 1.82) is 0 Å². The number of carbonyl (C=O) groups is 2. The number of carbonyl (C=O) groups excluding carboxylic acids is 2. The van der Waals surface area contributed by atoms with Gasteiger partial charge in [0.1, 0.15) is 0 Å². The van der Waals surface area contributed by atoms with Crippen molar-refractivity contribution in [1.82, 2.24) is 5.32 Å². The zero-order chi connectivity index (χ0) is 16.2. The standard InChI is InChI=1S/C20H23NO2/c1-7(2)11-9-5-6-10(11)14-13(9)15-12(8(3)4)16(14)18-17(15)19(22)21-20(18)23/h5-6,9-10,13-18H,1-4H3,(H,21,22,23)/t9-,10+,13-,14+,15-,16+,17-,18+. The fraction of sp³-hybridized carbons (Fsp3) is 0.600. The summed E-state index contributed by atoms with van der Waals surface area (Å²) in [5.74, 6) is 2.35. The number of rotatable bonds is 0. The zero-order valence-corrected chi connectivity index (χ0v) is 14.1. The Morgan fingerprint density at radius 3 is 1.57 bits per heavy atom. The van der Waals surface area contributed by atoms with Crippen LogP contribution in [0.1, 0.15) is 27.7 Å². The second-order valence-electron chi connectivity index (χ2n) is 8.46. The maximum Gasteiger partial charge on any atom is 0.231 e. The van der Waals surface area contributed by atoms with Crippen LogP contribution in [0.15, 0.2) is 34.4 Å². The van der Waals surface area contributed by atoms with Crippen molar-refractivity contribution < 1.29 is 9.59 Å². The summed E-state index contributed by atoms with van der Waals surface area (Å²) in [6, 6.07) is 0. The lowest BCUT2D eigenvalue weighted by molar-refractivity contribution is -0.126. The van der Waals surface area contributed by atoms with Crippen molar-refractivity contribution in [2.75, 3.05) is 0 Å².